The number of hydrogen-bond donors (Lipinski definition) is 2. The molecule has 5 heteroatoms. The van der Waals surface area contributed by atoms with Crippen LogP contribution >= 0.6 is 12.4 Å². The van der Waals surface area contributed by atoms with Gasteiger partial charge in [-0.25, -0.2) is 0 Å². The molecule has 0 bridgehead atoms. The van der Waals surface area contributed by atoms with E-state index in [2.05, 4.69) is 13.8 Å². The molecule has 0 aromatic carbocycles. The van der Waals surface area contributed by atoms with Crippen LogP contribution in [0.4, 0.5) is 0 Å². The molecule has 0 fully saturated rings. The largest absolute Gasteiger partial charge is 0.481 e. The molecule has 0 spiro atoms. The smallest absolute Gasteiger partial charge is 0.306 e. The molecule has 0 aromatic heterocycles. The van der Waals surface area contributed by atoms with Gasteiger partial charge in [-0.05, 0) is 25.7 Å². The molecule has 128 valence electrons. The predicted octanol–water partition coefficient (Wildman–Crippen LogP) is 5.00. The molecule has 0 aliphatic heterocycles. The van der Waals surface area contributed by atoms with E-state index in [1.165, 1.54) is 0 Å². The number of carboxylic acids is 2. The minimum Gasteiger partial charge on any atom is -0.481 e. The zero-order chi connectivity index (χ0) is 16.0. The fourth-order valence-corrected chi connectivity index (χ4v) is 1.91. The van der Waals surface area contributed by atoms with Crippen LogP contribution in [0.25, 0.3) is 0 Å². The van der Waals surface area contributed by atoms with E-state index >= 15 is 0 Å². The fraction of sp³-hybridized carbons (Fsp3) is 0.875. The van der Waals surface area contributed by atoms with Crippen LogP contribution in [0, 0.1) is 11.8 Å². The second-order valence-corrected chi connectivity index (χ2v) is 5.17. The first-order chi connectivity index (χ1) is 9.44. The summed E-state index contributed by atoms with van der Waals surface area (Å²) in [5, 5.41) is 17.2. The number of rotatable bonds is 10. The van der Waals surface area contributed by atoms with E-state index in [1.807, 2.05) is 13.8 Å². The molecule has 2 N–H and O–H groups in total. The Morgan fingerprint density at radius 1 is 0.762 bits per heavy atom. The van der Waals surface area contributed by atoms with Crippen LogP contribution < -0.4 is 0 Å². The van der Waals surface area contributed by atoms with Crippen molar-refractivity contribution < 1.29 is 19.8 Å². The Morgan fingerprint density at radius 2 is 1.05 bits per heavy atom. The van der Waals surface area contributed by atoms with Gasteiger partial charge in [-0.3, -0.25) is 9.59 Å². The Hall–Kier alpha value is -0.770. The van der Waals surface area contributed by atoms with Gasteiger partial charge in [0.15, 0.2) is 0 Å². The molecule has 0 aliphatic carbocycles. The summed E-state index contributed by atoms with van der Waals surface area (Å²) in [5.74, 6) is -1.51. The molecule has 0 radical (unpaired) electrons. The van der Waals surface area contributed by atoms with E-state index < -0.39 is 11.9 Å². The summed E-state index contributed by atoms with van der Waals surface area (Å²) in [6.45, 7) is 8.01. The molecule has 0 heterocycles. The second kappa shape index (κ2) is 17.3. The van der Waals surface area contributed by atoms with Crippen molar-refractivity contribution in [2.24, 2.45) is 11.8 Å². The fourth-order valence-electron chi connectivity index (χ4n) is 1.91. The summed E-state index contributed by atoms with van der Waals surface area (Å²) >= 11 is 0. The van der Waals surface area contributed by atoms with Crippen LogP contribution in [0.1, 0.15) is 79.1 Å². The Labute approximate surface area is 135 Å². The quantitative estimate of drug-likeness (QED) is 0.593. The van der Waals surface area contributed by atoms with E-state index in [0.29, 0.717) is 0 Å². The molecule has 0 saturated heterocycles. The first kappa shape index (κ1) is 25.2. The Bertz CT molecular complexity index is 231. The van der Waals surface area contributed by atoms with Crippen LogP contribution in [0.15, 0.2) is 0 Å². The molecule has 2 unspecified atom stereocenters. The van der Waals surface area contributed by atoms with E-state index in [9.17, 15) is 9.59 Å². The minimum atomic E-state index is -0.643. The van der Waals surface area contributed by atoms with Crippen molar-refractivity contribution in [2.75, 3.05) is 0 Å². The normalized spacial score (nSPS) is 12.4. The first-order valence-electron chi connectivity index (χ1n) is 7.89. The first-order valence-corrected chi connectivity index (χ1v) is 7.89. The van der Waals surface area contributed by atoms with Crippen LogP contribution in [-0.2, 0) is 9.59 Å². The summed E-state index contributed by atoms with van der Waals surface area (Å²) in [4.78, 5) is 20.9. The summed E-state index contributed by atoms with van der Waals surface area (Å²) < 4.78 is 0. The number of aliphatic carboxylic acids is 2. The van der Waals surface area contributed by atoms with E-state index in [4.69, 9.17) is 10.2 Å². The highest BCUT2D eigenvalue weighted by Crippen LogP contribution is 2.12. The van der Waals surface area contributed by atoms with Gasteiger partial charge in [0.05, 0.1) is 11.8 Å². The van der Waals surface area contributed by atoms with Crippen molar-refractivity contribution in [3.8, 4) is 0 Å². The van der Waals surface area contributed by atoms with Crippen LogP contribution in [0.5, 0.6) is 0 Å². The highest BCUT2D eigenvalue weighted by molar-refractivity contribution is 5.85. The minimum absolute atomic E-state index is 0. The van der Waals surface area contributed by atoms with Crippen LogP contribution in [-0.4, -0.2) is 22.2 Å². The summed E-state index contributed by atoms with van der Waals surface area (Å²) in [6.07, 6.45) is 7.43. The van der Waals surface area contributed by atoms with Crippen molar-refractivity contribution in [3.63, 3.8) is 0 Å². The van der Waals surface area contributed by atoms with Gasteiger partial charge in [0, 0.05) is 0 Å². The van der Waals surface area contributed by atoms with Crippen molar-refractivity contribution in [1.82, 2.24) is 0 Å². The van der Waals surface area contributed by atoms with Gasteiger partial charge in [0.2, 0.25) is 0 Å². The lowest BCUT2D eigenvalue weighted by molar-refractivity contribution is -0.143. The lowest BCUT2D eigenvalue weighted by Gasteiger charge is -2.06. The topological polar surface area (TPSA) is 74.6 Å². The Morgan fingerprint density at radius 3 is 1.19 bits per heavy atom. The SMILES string of the molecule is CCCCC(CC)C(=O)O.CCCCC(CC)C(=O)O.Cl. The molecular formula is C16H33ClO4. The number of halogens is 1. The van der Waals surface area contributed by atoms with Gasteiger partial charge < -0.3 is 10.2 Å². The monoisotopic (exact) mass is 324 g/mol. The molecule has 0 saturated carbocycles. The Kier molecular flexibility index (Phi) is 20.7. The van der Waals surface area contributed by atoms with Crippen molar-refractivity contribution in [1.29, 1.82) is 0 Å². The highest BCUT2D eigenvalue weighted by Gasteiger charge is 2.13. The zero-order valence-electron chi connectivity index (χ0n) is 13.9. The van der Waals surface area contributed by atoms with E-state index in [1.54, 1.807) is 0 Å². The average Bonchev–Trinajstić information content (AvgIpc) is 2.40. The lowest BCUT2D eigenvalue weighted by atomic mass is 10.00. The van der Waals surface area contributed by atoms with Gasteiger partial charge in [0.1, 0.15) is 0 Å². The second-order valence-electron chi connectivity index (χ2n) is 5.17. The molecule has 0 rings (SSSR count). The third-order valence-electron chi connectivity index (χ3n) is 3.50. The molecule has 2 atom stereocenters. The number of unbranched alkanes of at least 4 members (excludes halogenated alkanes) is 2. The van der Waals surface area contributed by atoms with Crippen molar-refractivity contribution in [2.45, 2.75) is 79.1 Å². The standard InChI is InChI=1S/2C8H16O2.ClH/c2*1-3-5-6-7(4-2)8(9)10;/h2*7H,3-6H2,1-2H3,(H,9,10);1H. The number of carboxylic acid groups (broad SMARTS) is 2. The van der Waals surface area contributed by atoms with Gasteiger partial charge in [-0.1, -0.05) is 53.4 Å². The molecular weight excluding hydrogens is 292 g/mol. The maximum absolute atomic E-state index is 10.4. The van der Waals surface area contributed by atoms with E-state index in [0.717, 1.165) is 51.4 Å². The third kappa shape index (κ3) is 15.4. The molecule has 4 nitrogen and oxygen atoms in total. The summed E-state index contributed by atoms with van der Waals surface area (Å²) in [6, 6.07) is 0. The van der Waals surface area contributed by atoms with Gasteiger partial charge >= 0.3 is 11.9 Å². The van der Waals surface area contributed by atoms with Crippen molar-refractivity contribution >= 4 is 24.3 Å². The molecule has 21 heavy (non-hydrogen) atoms. The molecule has 0 aliphatic rings. The molecule has 0 amide bonds. The third-order valence-corrected chi connectivity index (χ3v) is 3.50. The highest BCUT2D eigenvalue weighted by atomic mass is 35.5. The molecule has 0 aromatic rings. The van der Waals surface area contributed by atoms with Gasteiger partial charge in [-0.2, -0.15) is 0 Å². The van der Waals surface area contributed by atoms with Gasteiger partial charge in [-0.15, -0.1) is 12.4 Å². The predicted molar refractivity (Wildman–Crippen MR) is 89.1 cm³/mol. The van der Waals surface area contributed by atoms with Crippen LogP contribution in [0.3, 0.4) is 0 Å². The van der Waals surface area contributed by atoms with E-state index in [-0.39, 0.29) is 24.2 Å². The maximum Gasteiger partial charge on any atom is 0.306 e. The van der Waals surface area contributed by atoms with Crippen molar-refractivity contribution in [3.05, 3.63) is 0 Å². The summed E-state index contributed by atoms with van der Waals surface area (Å²) in [7, 11) is 0. The maximum atomic E-state index is 10.4. The number of carbonyl (C=O) groups is 2. The summed E-state index contributed by atoms with van der Waals surface area (Å²) in [5.41, 5.74) is 0. The Balaban J connectivity index is -0.000000295. The van der Waals surface area contributed by atoms with Gasteiger partial charge in [0.25, 0.3) is 0 Å². The zero-order valence-corrected chi connectivity index (χ0v) is 14.7. The van der Waals surface area contributed by atoms with Crippen LogP contribution in [0.2, 0.25) is 0 Å². The lowest BCUT2D eigenvalue weighted by Crippen LogP contribution is -2.11. The number of hydrogen-bond acceptors (Lipinski definition) is 2. The average molecular weight is 325 g/mol.